The molecule has 2 heterocycles. The molecular formula is C21H25N5O2S3. The molecule has 0 fully saturated rings. The molecule has 0 unspecified atom stereocenters. The maximum atomic E-state index is 12.6. The van der Waals surface area contributed by atoms with E-state index in [0.29, 0.717) is 22.6 Å². The standard InChI is InChI=1S/C21H25N5O2S3/c1-4-26(12-18(27)22-11-16-8-6-10-29-16)19(28)13-30-21-25-24-20(31-21)23-17-9-5-7-14(2)15(17)3/h5-10H,4,11-13H2,1-3H3,(H,22,27)(H,23,24). The molecule has 0 aliphatic carbocycles. The third-order valence-electron chi connectivity index (χ3n) is 4.68. The maximum Gasteiger partial charge on any atom is 0.239 e. The zero-order valence-corrected chi connectivity index (χ0v) is 20.1. The number of hydrogen-bond acceptors (Lipinski definition) is 8. The van der Waals surface area contributed by atoms with Gasteiger partial charge < -0.3 is 15.5 Å². The van der Waals surface area contributed by atoms with Gasteiger partial charge in [0.25, 0.3) is 0 Å². The lowest BCUT2D eigenvalue weighted by atomic mass is 10.1. The van der Waals surface area contributed by atoms with E-state index in [1.165, 1.54) is 28.7 Å². The minimum atomic E-state index is -0.162. The molecule has 0 aliphatic heterocycles. The van der Waals surface area contributed by atoms with E-state index in [2.05, 4.69) is 40.7 Å². The number of thiophene rings is 1. The van der Waals surface area contributed by atoms with Crippen molar-refractivity contribution in [2.24, 2.45) is 0 Å². The Kier molecular flexibility index (Phi) is 8.44. The van der Waals surface area contributed by atoms with Gasteiger partial charge >= 0.3 is 0 Å². The zero-order chi connectivity index (χ0) is 22.2. The van der Waals surface area contributed by atoms with Crippen molar-refractivity contribution in [2.45, 2.75) is 31.7 Å². The van der Waals surface area contributed by atoms with Crippen LogP contribution in [0.2, 0.25) is 0 Å². The van der Waals surface area contributed by atoms with E-state index in [9.17, 15) is 9.59 Å². The molecule has 3 aromatic rings. The number of hydrogen-bond donors (Lipinski definition) is 2. The van der Waals surface area contributed by atoms with Crippen molar-refractivity contribution in [3.05, 3.63) is 51.7 Å². The van der Waals surface area contributed by atoms with Crippen LogP contribution in [0.3, 0.4) is 0 Å². The number of nitrogens with zero attached hydrogens (tertiary/aromatic N) is 3. The van der Waals surface area contributed by atoms with E-state index in [1.54, 1.807) is 16.2 Å². The number of nitrogens with one attached hydrogen (secondary N) is 2. The van der Waals surface area contributed by atoms with E-state index < -0.39 is 0 Å². The smallest absolute Gasteiger partial charge is 0.239 e. The number of aryl methyl sites for hydroxylation is 1. The Bertz CT molecular complexity index is 1020. The molecule has 2 aromatic heterocycles. The number of aromatic nitrogens is 2. The molecule has 164 valence electrons. The number of anilines is 2. The molecule has 7 nitrogen and oxygen atoms in total. The highest BCUT2D eigenvalue weighted by Crippen LogP contribution is 2.29. The van der Waals surface area contributed by atoms with E-state index in [-0.39, 0.29) is 24.1 Å². The van der Waals surface area contributed by atoms with E-state index >= 15 is 0 Å². The van der Waals surface area contributed by atoms with Gasteiger partial charge in [-0.05, 0) is 49.4 Å². The zero-order valence-electron chi connectivity index (χ0n) is 17.7. The highest BCUT2D eigenvalue weighted by atomic mass is 32.2. The number of thioether (sulfide) groups is 1. The number of benzene rings is 1. The molecule has 0 spiro atoms. The molecule has 31 heavy (non-hydrogen) atoms. The molecule has 2 N–H and O–H groups in total. The summed E-state index contributed by atoms with van der Waals surface area (Å²) < 4.78 is 0.708. The monoisotopic (exact) mass is 475 g/mol. The molecule has 0 radical (unpaired) electrons. The van der Waals surface area contributed by atoms with Crippen molar-refractivity contribution < 1.29 is 9.59 Å². The first-order valence-corrected chi connectivity index (χ1v) is 12.5. The Hall–Kier alpha value is -2.43. The van der Waals surface area contributed by atoms with Crippen molar-refractivity contribution in [1.29, 1.82) is 0 Å². The summed E-state index contributed by atoms with van der Waals surface area (Å²) >= 11 is 4.33. The number of carbonyl (C=O) groups is 2. The predicted octanol–water partition coefficient (Wildman–Crippen LogP) is 4.22. The second kappa shape index (κ2) is 11.3. The van der Waals surface area contributed by atoms with Crippen LogP contribution in [0.15, 0.2) is 40.1 Å². The second-order valence-corrected chi connectivity index (χ2v) is 10.0. The largest absolute Gasteiger partial charge is 0.350 e. The van der Waals surface area contributed by atoms with E-state index in [0.717, 1.165) is 16.1 Å². The normalized spacial score (nSPS) is 10.7. The third-order valence-corrected chi connectivity index (χ3v) is 7.51. The van der Waals surface area contributed by atoms with Crippen molar-refractivity contribution in [2.75, 3.05) is 24.2 Å². The molecule has 0 saturated carbocycles. The molecule has 0 aliphatic rings. The molecule has 0 bridgehead atoms. The van der Waals surface area contributed by atoms with Gasteiger partial charge in [-0.15, -0.1) is 21.5 Å². The fourth-order valence-corrected chi connectivity index (χ4v) is 5.05. The average Bonchev–Trinajstić information content (AvgIpc) is 3.44. The lowest BCUT2D eigenvalue weighted by molar-refractivity contribution is -0.133. The van der Waals surface area contributed by atoms with Crippen LogP contribution < -0.4 is 10.6 Å². The highest BCUT2D eigenvalue weighted by Gasteiger charge is 2.17. The van der Waals surface area contributed by atoms with Crippen molar-refractivity contribution >= 4 is 57.1 Å². The van der Waals surface area contributed by atoms with E-state index in [4.69, 9.17) is 0 Å². The van der Waals surface area contributed by atoms with E-state index in [1.807, 2.05) is 36.6 Å². The maximum absolute atomic E-state index is 12.6. The predicted molar refractivity (Wildman–Crippen MR) is 128 cm³/mol. The lowest BCUT2D eigenvalue weighted by Gasteiger charge is -2.19. The van der Waals surface area contributed by atoms with Crippen LogP contribution in [0.4, 0.5) is 10.8 Å². The number of amides is 2. The highest BCUT2D eigenvalue weighted by molar-refractivity contribution is 8.01. The lowest BCUT2D eigenvalue weighted by Crippen LogP contribution is -2.41. The Labute approximate surface area is 194 Å². The summed E-state index contributed by atoms with van der Waals surface area (Å²) in [6.07, 6.45) is 0. The van der Waals surface area contributed by atoms with Crippen LogP contribution >= 0.6 is 34.4 Å². The van der Waals surface area contributed by atoms with Crippen LogP contribution in [0.5, 0.6) is 0 Å². The molecular weight excluding hydrogens is 450 g/mol. The van der Waals surface area contributed by atoms with Crippen LogP contribution in [0.25, 0.3) is 0 Å². The summed E-state index contributed by atoms with van der Waals surface area (Å²) in [4.78, 5) is 27.4. The van der Waals surface area contributed by atoms with Gasteiger partial charge in [0.15, 0.2) is 4.34 Å². The Balaban J connectivity index is 1.47. The van der Waals surface area contributed by atoms with Crippen molar-refractivity contribution in [3.63, 3.8) is 0 Å². The minimum absolute atomic E-state index is 0.0524. The summed E-state index contributed by atoms with van der Waals surface area (Å²) in [5.41, 5.74) is 3.36. The van der Waals surface area contributed by atoms with Gasteiger partial charge in [0, 0.05) is 17.1 Å². The fraction of sp³-hybridized carbons (Fsp3) is 0.333. The summed E-state index contributed by atoms with van der Waals surface area (Å²) in [7, 11) is 0. The Morgan fingerprint density at radius 2 is 2.00 bits per heavy atom. The second-order valence-electron chi connectivity index (χ2n) is 6.80. The Morgan fingerprint density at radius 3 is 2.74 bits per heavy atom. The molecule has 10 heteroatoms. The molecule has 1 aromatic carbocycles. The molecule has 0 saturated heterocycles. The first kappa shape index (κ1) is 23.2. The minimum Gasteiger partial charge on any atom is -0.350 e. The summed E-state index contributed by atoms with van der Waals surface area (Å²) in [6, 6.07) is 9.98. The molecule has 3 rings (SSSR count). The van der Waals surface area contributed by atoms with Crippen LogP contribution in [0, 0.1) is 13.8 Å². The van der Waals surface area contributed by atoms with Gasteiger partial charge in [0.05, 0.1) is 18.8 Å². The number of rotatable bonds is 10. The van der Waals surface area contributed by atoms with Gasteiger partial charge in [0.2, 0.25) is 16.9 Å². The first-order valence-electron chi connectivity index (χ1n) is 9.82. The fourth-order valence-electron chi connectivity index (χ4n) is 2.74. The van der Waals surface area contributed by atoms with Crippen molar-refractivity contribution in [3.8, 4) is 0 Å². The third kappa shape index (κ3) is 6.78. The van der Waals surface area contributed by atoms with Crippen molar-refractivity contribution in [1.82, 2.24) is 20.4 Å². The Morgan fingerprint density at radius 1 is 1.16 bits per heavy atom. The molecule has 2 amide bonds. The van der Waals surface area contributed by atoms with Crippen LogP contribution in [-0.2, 0) is 16.1 Å². The van der Waals surface area contributed by atoms with Crippen LogP contribution in [0.1, 0.15) is 22.9 Å². The molecule has 0 atom stereocenters. The van der Waals surface area contributed by atoms with Gasteiger partial charge in [-0.1, -0.05) is 41.3 Å². The first-order chi connectivity index (χ1) is 15.0. The summed E-state index contributed by atoms with van der Waals surface area (Å²) in [5.74, 6) is -0.0491. The van der Waals surface area contributed by atoms with Gasteiger partial charge in [-0.25, -0.2) is 0 Å². The summed E-state index contributed by atoms with van der Waals surface area (Å²) in [6.45, 7) is 7.00. The SMILES string of the molecule is CCN(CC(=O)NCc1cccs1)C(=O)CSc1nnc(Nc2cccc(C)c2C)s1. The van der Waals surface area contributed by atoms with Crippen LogP contribution in [-0.4, -0.2) is 45.8 Å². The van der Waals surface area contributed by atoms with Gasteiger partial charge in [-0.3, -0.25) is 9.59 Å². The summed E-state index contributed by atoms with van der Waals surface area (Å²) in [5, 5.41) is 17.1. The topological polar surface area (TPSA) is 87.2 Å². The quantitative estimate of drug-likeness (QED) is 0.427. The number of likely N-dealkylation sites (N-methyl/N-ethyl adjacent to an activating group) is 1. The van der Waals surface area contributed by atoms with Gasteiger partial charge in [0.1, 0.15) is 0 Å². The average molecular weight is 476 g/mol. The van der Waals surface area contributed by atoms with Gasteiger partial charge in [-0.2, -0.15) is 0 Å². The number of carbonyl (C=O) groups excluding carboxylic acids is 2.